The summed E-state index contributed by atoms with van der Waals surface area (Å²) in [5, 5.41) is 17.1. The molecule has 0 aromatic heterocycles. The van der Waals surface area contributed by atoms with Crippen LogP contribution in [0.25, 0.3) is 5.57 Å². The molecule has 0 bridgehead atoms. The molecule has 0 radical (unpaired) electrons. The Balaban J connectivity index is 1.59. The van der Waals surface area contributed by atoms with Crippen molar-refractivity contribution in [1.82, 2.24) is 10.6 Å². The lowest BCUT2D eigenvalue weighted by atomic mass is 9.95. The summed E-state index contributed by atoms with van der Waals surface area (Å²) in [6, 6.07) is 7.09. The Labute approximate surface area is 152 Å². The molecule has 138 valence electrons. The largest absolute Gasteiger partial charge is 0.508 e. The molecule has 1 unspecified atom stereocenters. The van der Waals surface area contributed by atoms with Gasteiger partial charge in [0, 0.05) is 18.6 Å². The summed E-state index contributed by atoms with van der Waals surface area (Å²) in [7, 11) is 0. The Morgan fingerprint density at radius 3 is 2.64 bits per heavy atom. The highest BCUT2D eigenvalue weighted by Crippen LogP contribution is 2.27. The highest BCUT2D eigenvalue weighted by Gasteiger charge is 2.19. The first-order valence-corrected chi connectivity index (χ1v) is 10.2. The van der Waals surface area contributed by atoms with Crippen molar-refractivity contribution in [3.05, 3.63) is 35.4 Å². The van der Waals surface area contributed by atoms with Crippen LogP contribution in [0.3, 0.4) is 0 Å². The average molecular weight is 343 g/mol. The fourth-order valence-electron chi connectivity index (χ4n) is 3.91. The van der Waals surface area contributed by atoms with Gasteiger partial charge in [-0.1, -0.05) is 44.2 Å². The zero-order valence-electron chi connectivity index (χ0n) is 15.7. The van der Waals surface area contributed by atoms with Gasteiger partial charge in [-0.25, -0.2) is 0 Å². The van der Waals surface area contributed by atoms with Gasteiger partial charge in [0.1, 0.15) is 5.75 Å². The van der Waals surface area contributed by atoms with Gasteiger partial charge in [-0.2, -0.15) is 0 Å². The third-order valence-corrected chi connectivity index (χ3v) is 5.64. The monoisotopic (exact) mass is 342 g/mol. The second-order valence-corrected chi connectivity index (χ2v) is 7.82. The van der Waals surface area contributed by atoms with E-state index >= 15 is 0 Å². The Bertz CT molecular complexity index is 569. The first kappa shape index (κ1) is 18.5. The molecule has 1 atom stereocenters. The number of hydrogen-bond donors (Lipinski definition) is 3. The Morgan fingerprint density at radius 2 is 1.92 bits per heavy atom. The second-order valence-electron chi connectivity index (χ2n) is 7.82. The zero-order valence-corrected chi connectivity index (χ0v) is 15.7. The quantitative estimate of drug-likeness (QED) is 0.638. The maximum atomic E-state index is 9.91. The maximum absolute atomic E-state index is 9.91. The second kappa shape index (κ2) is 9.40. The molecule has 3 heteroatoms. The van der Waals surface area contributed by atoms with E-state index in [1.807, 2.05) is 12.1 Å². The Hall–Kier alpha value is -1.32. The van der Waals surface area contributed by atoms with Gasteiger partial charge in [0.15, 0.2) is 0 Å². The van der Waals surface area contributed by atoms with Crippen molar-refractivity contribution in [1.29, 1.82) is 0 Å². The van der Waals surface area contributed by atoms with Crippen LogP contribution < -0.4 is 10.6 Å². The molecule has 1 saturated heterocycles. The summed E-state index contributed by atoms with van der Waals surface area (Å²) >= 11 is 0. The molecule has 0 amide bonds. The van der Waals surface area contributed by atoms with E-state index in [-0.39, 0.29) is 0 Å². The smallest absolute Gasteiger partial charge is 0.116 e. The number of aryl methyl sites for hydroxylation is 1. The number of nitrogens with one attached hydrogen (secondary N) is 2. The number of benzene rings is 1. The van der Waals surface area contributed by atoms with Crippen molar-refractivity contribution in [3.63, 3.8) is 0 Å². The SMILES string of the molecule is Cc1ccc(O)cc1/C(=C\CC1CN1)CCNC1CCCCCCC1. The van der Waals surface area contributed by atoms with Crippen LogP contribution in [0.4, 0.5) is 0 Å². The van der Waals surface area contributed by atoms with E-state index in [0.29, 0.717) is 17.8 Å². The van der Waals surface area contributed by atoms with Crippen LogP contribution in [0.1, 0.15) is 68.9 Å². The molecule has 1 saturated carbocycles. The maximum Gasteiger partial charge on any atom is 0.116 e. The van der Waals surface area contributed by atoms with Gasteiger partial charge in [0.2, 0.25) is 0 Å². The van der Waals surface area contributed by atoms with Crippen LogP contribution in [0.2, 0.25) is 0 Å². The first-order chi connectivity index (χ1) is 12.2. The van der Waals surface area contributed by atoms with Crippen LogP contribution >= 0.6 is 0 Å². The molecule has 3 rings (SSSR count). The molecule has 1 aliphatic heterocycles. The van der Waals surface area contributed by atoms with E-state index in [0.717, 1.165) is 25.9 Å². The molecule has 1 aliphatic carbocycles. The fourth-order valence-corrected chi connectivity index (χ4v) is 3.91. The summed E-state index contributed by atoms with van der Waals surface area (Å²) in [6.07, 6.45) is 14.1. The van der Waals surface area contributed by atoms with Gasteiger partial charge in [0.05, 0.1) is 0 Å². The van der Waals surface area contributed by atoms with Gasteiger partial charge < -0.3 is 15.7 Å². The van der Waals surface area contributed by atoms with Crippen molar-refractivity contribution < 1.29 is 5.11 Å². The van der Waals surface area contributed by atoms with Crippen molar-refractivity contribution in [2.45, 2.75) is 76.8 Å². The van der Waals surface area contributed by atoms with E-state index in [1.165, 1.54) is 61.6 Å². The van der Waals surface area contributed by atoms with Gasteiger partial charge >= 0.3 is 0 Å². The van der Waals surface area contributed by atoms with Gasteiger partial charge in [-0.15, -0.1) is 0 Å². The van der Waals surface area contributed by atoms with Gasteiger partial charge in [-0.05, 0) is 68.0 Å². The fraction of sp³-hybridized carbons (Fsp3) is 0.636. The van der Waals surface area contributed by atoms with Gasteiger partial charge in [0.25, 0.3) is 0 Å². The summed E-state index contributed by atoms with van der Waals surface area (Å²) < 4.78 is 0. The van der Waals surface area contributed by atoms with Crippen molar-refractivity contribution in [3.8, 4) is 5.75 Å². The predicted molar refractivity (Wildman–Crippen MR) is 106 cm³/mol. The molecule has 1 aromatic carbocycles. The molecule has 3 N–H and O–H groups in total. The predicted octanol–water partition coefficient (Wildman–Crippen LogP) is 4.54. The van der Waals surface area contributed by atoms with E-state index in [9.17, 15) is 5.11 Å². The lowest BCUT2D eigenvalue weighted by Crippen LogP contribution is -2.30. The molecule has 2 fully saturated rings. The number of aromatic hydroxyl groups is 1. The van der Waals surface area contributed by atoms with Crippen LogP contribution in [-0.4, -0.2) is 30.3 Å². The Kier molecular flexibility index (Phi) is 6.94. The van der Waals surface area contributed by atoms with E-state index < -0.39 is 0 Å². The number of rotatable bonds is 7. The third kappa shape index (κ3) is 6.16. The Morgan fingerprint density at radius 1 is 1.20 bits per heavy atom. The lowest BCUT2D eigenvalue weighted by Gasteiger charge is -2.22. The van der Waals surface area contributed by atoms with Crippen LogP contribution in [-0.2, 0) is 0 Å². The molecule has 0 spiro atoms. The van der Waals surface area contributed by atoms with E-state index in [4.69, 9.17) is 0 Å². The van der Waals surface area contributed by atoms with Crippen LogP contribution in [0.15, 0.2) is 24.3 Å². The summed E-state index contributed by atoms with van der Waals surface area (Å²) in [5.74, 6) is 0.365. The third-order valence-electron chi connectivity index (χ3n) is 5.64. The van der Waals surface area contributed by atoms with E-state index in [2.05, 4.69) is 23.6 Å². The van der Waals surface area contributed by atoms with Crippen LogP contribution in [0.5, 0.6) is 5.75 Å². The van der Waals surface area contributed by atoms with Crippen molar-refractivity contribution >= 4 is 5.57 Å². The topological polar surface area (TPSA) is 54.2 Å². The number of phenols is 1. The van der Waals surface area contributed by atoms with Crippen molar-refractivity contribution in [2.24, 2.45) is 0 Å². The minimum Gasteiger partial charge on any atom is -0.508 e. The highest BCUT2D eigenvalue weighted by atomic mass is 16.3. The molecule has 2 aliphatic rings. The minimum atomic E-state index is 0.365. The van der Waals surface area contributed by atoms with Crippen molar-refractivity contribution in [2.75, 3.05) is 13.1 Å². The lowest BCUT2D eigenvalue weighted by molar-refractivity contribution is 0.393. The van der Waals surface area contributed by atoms with E-state index in [1.54, 1.807) is 6.07 Å². The first-order valence-electron chi connectivity index (χ1n) is 10.2. The summed E-state index contributed by atoms with van der Waals surface area (Å²) in [4.78, 5) is 0. The summed E-state index contributed by atoms with van der Waals surface area (Å²) in [6.45, 7) is 4.31. The molecule has 1 aromatic rings. The number of hydrogen-bond acceptors (Lipinski definition) is 3. The molecular formula is C22H34N2O. The normalized spacial score (nSPS) is 22.4. The zero-order chi connectivity index (χ0) is 17.5. The van der Waals surface area contributed by atoms with Gasteiger partial charge in [-0.3, -0.25) is 0 Å². The standard InChI is InChI=1S/C22H34N2O/c1-17-9-12-21(25)15-22(17)18(10-11-20-16-24-20)13-14-23-19-7-5-3-2-4-6-8-19/h9-10,12,15,19-20,23-25H,2-8,11,13-14,16H2,1H3/b18-10-. The number of phenolic OH excluding ortho intramolecular Hbond substituents is 1. The molecule has 25 heavy (non-hydrogen) atoms. The average Bonchev–Trinajstić information content (AvgIpc) is 3.39. The minimum absolute atomic E-state index is 0.365. The molecule has 1 heterocycles. The highest BCUT2D eigenvalue weighted by molar-refractivity contribution is 5.69. The molecular weight excluding hydrogens is 308 g/mol. The summed E-state index contributed by atoms with van der Waals surface area (Å²) in [5.41, 5.74) is 3.83. The molecule has 3 nitrogen and oxygen atoms in total. The van der Waals surface area contributed by atoms with Crippen LogP contribution in [0, 0.1) is 6.92 Å².